The normalized spacial score (nSPS) is 22.7. The zero-order valence-corrected chi connectivity index (χ0v) is 11.5. The Balaban J connectivity index is 1.90. The van der Waals surface area contributed by atoms with Crippen LogP contribution in [0.15, 0.2) is 24.3 Å². The Hall–Kier alpha value is -1.55. The number of hydrogen-bond donors (Lipinski definition) is 3. The highest BCUT2D eigenvalue weighted by Crippen LogP contribution is 2.35. The smallest absolute Gasteiger partial charge is 0.315 e. The highest BCUT2D eigenvalue weighted by atomic mass is 16.3. The van der Waals surface area contributed by atoms with Crippen LogP contribution in [0.25, 0.3) is 0 Å². The van der Waals surface area contributed by atoms with Gasteiger partial charge in [-0.05, 0) is 36.8 Å². The van der Waals surface area contributed by atoms with E-state index in [1.807, 2.05) is 12.1 Å². The van der Waals surface area contributed by atoms with Crippen molar-refractivity contribution in [1.82, 2.24) is 10.6 Å². The summed E-state index contributed by atoms with van der Waals surface area (Å²) in [5, 5.41) is 15.0. The third-order valence-corrected chi connectivity index (χ3v) is 3.64. The summed E-state index contributed by atoms with van der Waals surface area (Å²) in [6, 6.07) is 8.18. The van der Waals surface area contributed by atoms with Gasteiger partial charge in [-0.2, -0.15) is 0 Å². The predicted molar refractivity (Wildman–Crippen MR) is 74.9 cm³/mol. The molecule has 1 aliphatic rings. The number of carbonyl (C=O) groups is 1. The number of fused-ring (bicyclic) bond motifs is 1. The second kappa shape index (κ2) is 6.06. The highest BCUT2D eigenvalue weighted by molar-refractivity contribution is 5.74. The number of rotatable bonds is 4. The molecule has 0 spiro atoms. The maximum Gasteiger partial charge on any atom is 0.315 e. The van der Waals surface area contributed by atoms with Crippen LogP contribution >= 0.6 is 0 Å². The summed E-state index contributed by atoms with van der Waals surface area (Å²) in [5.74, 6) is 0.417. The Morgan fingerprint density at radius 1 is 1.47 bits per heavy atom. The molecular formula is C15H22N2O2. The summed E-state index contributed by atoms with van der Waals surface area (Å²) in [4.78, 5) is 11.8. The first-order chi connectivity index (χ1) is 9.08. The van der Waals surface area contributed by atoms with Crippen molar-refractivity contribution in [3.8, 4) is 0 Å². The first-order valence-corrected chi connectivity index (χ1v) is 6.88. The van der Waals surface area contributed by atoms with E-state index in [2.05, 4.69) is 29.7 Å². The van der Waals surface area contributed by atoms with Gasteiger partial charge in [0.15, 0.2) is 0 Å². The number of nitrogens with one attached hydrogen (secondary N) is 2. The molecule has 0 aromatic heterocycles. The van der Waals surface area contributed by atoms with Gasteiger partial charge < -0.3 is 15.7 Å². The lowest BCUT2D eigenvalue weighted by atomic mass is 10.0. The second-order valence-corrected chi connectivity index (χ2v) is 5.40. The van der Waals surface area contributed by atoms with E-state index in [1.54, 1.807) is 6.92 Å². The fraction of sp³-hybridized carbons (Fsp3) is 0.533. The van der Waals surface area contributed by atoms with Gasteiger partial charge in [0.1, 0.15) is 0 Å². The number of urea groups is 1. The summed E-state index contributed by atoms with van der Waals surface area (Å²) in [5.41, 5.74) is 2.55. The number of aliphatic hydroxyl groups is 1. The van der Waals surface area contributed by atoms with E-state index >= 15 is 0 Å². The fourth-order valence-electron chi connectivity index (χ4n) is 2.60. The van der Waals surface area contributed by atoms with Gasteiger partial charge in [0.05, 0.1) is 12.1 Å². The lowest BCUT2D eigenvalue weighted by Gasteiger charge is -2.19. The molecule has 1 aromatic rings. The molecule has 1 aromatic carbocycles. The molecule has 0 saturated heterocycles. The summed E-state index contributed by atoms with van der Waals surface area (Å²) in [6.45, 7) is 4.36. The Labute approximate surface area is 114 Å². The van der Waals surface area contributed by atoms with Crippen molar-refractivity contribution in [2.45, 2.75) is 38.8 Å². The SMILES string of the molecule is CC(O)CCNC(=O)NC1c2ccccc2CC1C. The van der Waals surface area contributed by atoms with Crippen molar-refractivity contribution in [3.63, 3.8) is 0 Å². The maximum atomic E-state index is 11.8. The van der Waals surface area contributed by atoms with E-state index in [4.69, 9.17) is 5.11 Å². The quantitative estimate of drug-likeness (QED) is 0.777. The average molecular weight is 262 g/mol. The van der Waals surface area contributed by atoms with Crippen LogP contribution in [0.5, 0.6) is 0 Å². The Morgan fingerprint density at radius 2 is 2.21 bits per heavy atom. The number of carbonyl (C=O) groups excluding carboxylic acids is 1. The summed E-state index contributed by atoms with van der Waals surface area (Å²) in [6.07, 6.45) is 1.20. The molecule has 0 bridgehead atoms. The molecule has 4 heteroatoms. The van der Waals surface area contributed by atoms with Crippen molar-refractivity contribution in [2.75, 3.05) is 6.54 Å². The molecule has 1 aliphatic carbocycles. The first-order valence-electron chi connectivity index (χ1n) is 6.88. The molecule has 0 fully saturated rings. The molecule has 2 amide bonds. The fourth-order valence-corrected chi connectivity index (χ4v) is 2.60. The molecule has 0 aliphatic heterocycles. The lowest BCUT2D eigenvalue weighted by Crippen LogP contribution is -2.40. The molecule has 104 valence electrons. The van der Waals surface area contributed by atoms with Crippen LogP contribution in [0.1, 0.15) is 37.4 Å². The van der Waals surface area contributed by atoms with E-state index in [9.17, 15) is 4.79 Å². The van der Waals surface area contributed by atoms with Crippen LogP contribution in [0.2, 0.25) is 0 Å². The largest absolute Gasteiger partial charge is 0.393 e. The van der Waals surface area contributed by atoms with Crippen LogP contribution in [-0.2, 0) is 6.42 Å². The second-order valence-electron chi connectivity index (χ2n) is 5.40. The van der Waals surface area contributed by atoms with Crippen molar-refractivity contribution >= 4 is 6.03 Å². The maximum absolute atomic E-state index is 11.8. The van der Waals surface area contributed by atoms with Gasteiger partial charge >= 0.3 is 6.03 Å². The number of hydrogen-bond acceptors (Lipinski definition) is 2. The van der Waals surface area contributed by atoms with Gasteiger partial charge in [-0.3, -0.25) is 0 Å². The molecule has 0 saturated carbocycles. The van der Waals surface area contributed by atoms with E-state index in [-0.39, 0.29) is 18.2 Å². The van der Waals surface area contributed by atoms with Crippen molar-refractivity contribution < 1.29 is 9.90 Å². The van der Waals surface area contributed by atoms with Gasteiger partial charge in [-0.1, -0.05) is 31.2 Å². The van der Waals surface area contributed by atoms with E-state index < -0.39 is 0 Å². The number of amides is 2. The van der Waals surface area contributed by atoms with Crippen LogP contribution in [0.4, 0.5) is 4.79 Å². The molecule has 3 N–H and O–H groups in total. The van der Waals surface area contributed by atoms with Crippen molar-refractivity contribution in [3.05, 3.63) is 35.4 Å². The molecule has 4 nitrogen and oxygen atoms in total. The van der Waals surface area contributed by atoms with Gasteiger partial charge in [0.25, 0.3) is 0 Å². The molecule has 0 heterocycles. The van der Waals surface area contributed by atoms with Crippen LogP contribution in [0, 0.1) is 5.92 Å². The van der Waals surface area contributed by atoms with Gasteiger partial charge in [-0.15, -0.1) is 0 Å². The summed E-state index contributed by atoms with van der Waals surface area (Å²) < 4.78 is 0. The number of benzene rings is 1. The zero-order chi connectivity index (χ0) is 13.8. The minimum Gasteiger partial charge on any atom is -0.393 e. The van der Waals surface area contributed by atoms with E-state index in [0.717, 1.165) is 6.42 Å². The van der Waals surface area contributed by atoms with Crippen molar-refractivity contribution in [1.29, 1.82) is 0 Å². The van der Waals surface area contributed by atoms with Gasteiger partial charge in [-0.25, -0.2) is 4.79 Å². The molecule has 3 unspecified atom stereocenters. The molecular weight excluding hydrogens is 240 g/mol. The highest BCUT2D eigenvalue weighted by Gasteiger charge is 2.29. The standard InChI is InChI=1S/C15H22N2O2/c1-10-9-12-5-3-4-6-13(12)14(10)17-15(19)16-8-7-11(2)18/h3-6,10-11,14,18H,7-9H2,1-2H3,(H2,16,17,19). The van der Waals surface area contributed by atoms with E-state index in [1.165, 1.54) is 11.1 Å². The topological polar surface area (TPSA) is 61.4 Å². The Morgan fingerprint density at radius 3 is 2.95 bits per heavy atom. The molecule has 3 atom stereocenters. The van der Waals surface area contributed by atoms with Crippen LogP contribution < -0.4 is 10.6 Å². The lowest BCUT2D eigenvalue weighted by molar-refractivity contribution is 0.183. The molecule has 19 heavy (non-hydrogen) atoms. The third kappa shape index (κ3) is 3.47. The number of aliphatic hydroxyl groups excluding tert-OH is 1. The molecule has 2 rings (SSSR count). The predicted octanol–water partition coefficient (Wildman–Crippen LogP) is 1.99. The van der Waals surface area contributed by atoms with E-state index in [0.29, 0.717) is 18.9 Å². The summed E-state index contributed by atoms with van der Waals surface area (Å²) in [7, 11) is 0. The minimum absolute atomic E-state index is 0.0859. The third-order valence-electron chi connectivity index (χ3n) is 3.64. The van der Waals surface area contributed by atoms with Gasteiger partial charge in [0.2, 0.25) is 0 Å². The summed E-state index contributed by atoms with van der Waals surface area (Å²) >= 11 is 0. The Kier molecular flexibility index (Phi) is 4.43. The molecule has 0 radical (unpaired) electrons. The zero-order valence-electron chi connectivity index (χ0n) is 11.5. The van der Waals surface area contributed by atoms with Gasteiger partial charge in [0, 0.05) is 6.54 Å². The average Bonchev–Trinajstić information content (AvgIpc) is 2.66. The minimum atomic E-state index is -0.383. The van der Waals surface area contributed by atoms with Crippen LogP contribution in [0.3, 0.4) is 0 Å². The Bertz CT molecular complexity index is 446. The van der Waals surface area contributed by atoms with Crippen LogP contribution in [-0.4, -0.2) is 23.8 Å². The van der Waals surface area contributed by atoms with Crippen molar-refractivity contribution in [2.24, 2.45) is 5.92 Å². The monoisotopic (exact) mass is 262 g/mol. The first kappa shape index (κ1) is 13.9.